The van der Waals surface area contributed by atoms with E-state index >= 15 is 0 Å². The Hall–Kier alpha value is -1.84. The molecule has 0 bridgehead atoms. The van der Waals surface area contributed by atoms with E-state index < -0.39 is 0 Å². The number of para-hydroxylation sites is 1. The van der Waals surface area contributed by atoms with Crippen LogP contribution in [0.1, 0.15) is 12.2 Å². The molecule has 4 nitrogen and oxygen atoms in total. The van der Waals surface area contributed by atoms with Crippen LogP contribution < -0.4 is 5.73 Å². The number of nitrogens with zero attached hydrogens (tertiary/aromatic N) is 3. The molecular weight excluding hydrogens is 188 g/mol. The van der Waals surface area contributed by atoms with Gasteiger partial charge in [0.2, 0.25) is 0 Å². The SMILES string of the molecule is Nc1ccccc1-c1nnc2n1CCC2. The fraction of sp³-hybridized carbons (Fsp3) is 0.273. The van der Waals surface area contributed by atoms with Gasteiger partial charge < -0.3 is 10.3 Å². The molecule has 0 radical (unpaired) electrons. The van der Waals surface area contributed by atoms with Crippen molar-refractivity contribution in [2.24, 2.45) is 0 Å². The van der Waals surface area contributed by atoms with Gasteiger partial charge in [0.1, 0.15) is 5.82 Å². The maximum atomic E-state index is 5.92. The summed E-state index contributed by atoms with van der Waals surface area (Å²) in [5.74, 6) is 1.98. The summed E-state index contributed by atoms with van der Waals surface area (Å²) in [5.41, 5.74) is 7.67. The molecule has 15 heavy (non-hydrogen) atoms. The first-order chi connectivity index (χ1) is 7.36. The van der Waals surface area contributed by atoms with Crippen molar-refractivity contribution in [2.75, 3.05) is 5.73 Å². The topological polar surface area (TPSA) is 56.7 Å². The Morgan fingerprint density at radius 3 is 2.93 bits per heavy atom. The van der Waals surface area contributed by atoms with Crippen LogP contribution in [0.4, 0.5) is 5.69 Å². The molecule has 76 valence electrons. The number of benzene rings is 1. The van der Waals surface area contributed by atoms with Crippen molar-refractivity contribution in [3.05, 3.63) is 30.1 Å². The van der Waals surface area contributed by atoms with Gasteiger partial charge in [0.15, 0.2) is 5.82 Å². The lowest BCUT2D eigenvalue weighted by atomic mass is 10.1. The van der Waals surface area contributed by atoms with E-state index in [9.17, 15) is 0 Å². The fourth-order valence-corrected chi connectivity index (χ4v) is 2.05. The number of aryl methyl sites for hydroxylation is 1. The molecule has 2 N–H and O–H groups in total. The Bertz CT molecular complexity index is 501. The van der Waals surface area contributed by atoms with Crippen LogP contribution in [0, 0.1) is 0 Å². The number of nitrogen functional groups attached to an aromatic ring is 1. The molecular formula is C11H12N4. The Kier molecular flexibility index (Phi) is 1.74. The van der Waals surface area contributed by atoms with Gasteiger partial charge in [-0.3, -0.25) is 0 Å². The second-order valence-corrected chi connectivity index (χ2v) is 3.78. The Morgan fingerprint density at radius 2 is 2.07 bits per heavy atom. The van der Waals surface area contributed by atoms with E-state index in [1.165, 1.54) is 0 Å². The van der Waals surface area contributed by atoms with Gasteiger partial charge in [-0.2, -0.15) is 0 Å². The van der Waals surface area contributed by atoms with E-state index in [0.717, 1.165) is 42.3 Å². The minimum atomic E-state index is 0.764. The lowest BCUT2D eigenvalue weighted by Gasteiger charge is -2.05. The molecule has 0 saturated carbocycles. The summed E-state index contributed by atoms with van der Waals surface area (Å²) < 4.78 is 2.16. The van der Waals surface area contributed by atoms with Crippen LogP contribution in [0.5, 0.6) is 0 Å². The van der Waals surface area contributed by atoms with E-state index in [-0.39, 0.29) is 0 Å². The average Bonchev–Trinajstić information content (AvgIpc) is 2.80. The number of hydrogen-bond donors (Lipinski definition) is 1. The summed E-state index contributed by atoms with van der Waals surface area (Å²) in [6, 6.07) is 7.79. The van der Waals surface area contributed by atoms with Crippen molar-refractivity contribution in [1.29, 1.82) is 0 Å². The highest BCUT2D eigenvalue weighted by Crippen LogP contribution is 2.27. The second kappa shape index (κ2) is 3.08. The smallest absolute Gasteiger partial charge is 0.166 e. The molecule has 0 unspecified atom stereocenters. The van der Waals surface area contributed by atoms with Gasteiger partial charge in [0.25, 0.3) is 0 Å². The molecule has 4 heteroatoms. The molecule has 0 spiro atoms. The molecule has 2 aromatic rings. The number of aromatic nitrogens is 3. The maximum Gasteiger partial charge on any atom is 0.166 e. The largest absolute Gasteiger partial charge is 0.398 e. The van der Waals surface area contributed by atoms with Crippen LogP contribution in [0.3, 0.4) is 0 Å². The molecule has 1 aromatic carbocycles. The van der Waals surface area contributed by atoms with Gasteiger partial charge in [-0.25, -0.2) is 0 Å². The molecule has 0 fully saturated rings. The normalized spacial score (nSPS) is 14.1. The zero-order valence-corrected chi connectivity index (χ0v) is 8.35. The average molecular weight is 200 g/mol. The molecule has 1 aliphatic rings. The van der Waals surface area contributed by atoms with E-state index in [1.54, 1.807) is 0 Å². The summed E-state index contributed by atoms with van der Waals surface area (Å²) >= 11 is 0. The van der Waals surface area contributed by atoms with Crippen molar-refractivity contribution in [3.63, 3.8) is 0 Å². The van der Waals surface area contributed by atoms with Crippen molar-refractivity contribution in [2.45, 2.75) is 19.4 Å². The standard InChI is InChI=1S/C11H12N4/c12-9-5-2-1-4-8(9)11-14-13-10-6-3-7-15(10)11/h1-2,4-5H,3,6-7,12H2. The van der Waals surface area contributed by atoms with Crippen LogP contribution in [-0.2, 0) is 13.0 Å². The first kappa shape index (κ1) is 8.47. The van der Waals surface area contributed by atoms with E-state index in [0.29, 0.717) is 0 Å². The highest BCUT2D eigenvalue weighted by atomic mass is 15.3. The predicted octanol–water partition coefficient (Wildman–Crippen LogP) is 1.47. The maximum absolute atomic E-state index is 5.92. The minimum Gasteiger partial charge on any atom is -0.398 e. The highest BCUT2D eigenvalue weighted by molar-refractivity contribution is 5.71. The molecule has 0 saturated heterocycles. The zero-order chi connectivity index (χ0) is 10.3. The molecule has 3 rings (SSSR count). The molecule has 0 atom stereocenters. The summed E-state index contributed by atoms with van der Waals surface area (Å²) in [6.07, 6.45) is 2.18. The molecule has 0 amide bonds. The third-order valence-corrected chi connectivity index (χ3v) is 2.81. The van der Waals surface area contributed by atoms with E-state index in [1.807, 2.05) is 24.3 Å². The second-order valence-electron chi connectivity index (χ2n) is 3.78. The lowest BCUT2D eigenvalue weighted by Crippen LogP contribution is -1.98. The Labute approximate surface area is 87.7 Å². The van der Waals surface area contributed by atoms with Gasteiger partial charge in [0, 0.05) is 24.2 Å². The number of hydrogen-bond acceptors (Lipinski definition) is 3. The summed E-state index contributed by atoms with van der Waals surface area (Å²) in [7, 11) is 0. The third-order valence-electron chi connectivity index (χ3n) is 2.81. The van der Waals surface area contributed by atoms with Crippen LogP contribution >= 0.6 is 0 Å². The molecule has 1 aromatic heterocycles. The number of nitrogens with two attached hydrogens (primary N) is 1. The minimum absolute atomic E-state index is 0.764. The zero-order valence-electron chi connectivity index (χ0n) is 8.35. The third kappa shape index (κ3) is 1.21. The van der Waals surface area contributed by atoms with Crippen LogP contribution in [0.2, 0.25) is 0 Å². The van der Waals surface area contributed by atoms with Crippen LogP contribution in [0.25, 0.3) is 11.4 Å². The predicted molar refractivity (Wildman–Crippen MR) is 58.2 cm³/mol. The van der Waals surface area contributed by atoms with Gasteiger partial charge in [0.05, 0.1) is 0 Å². The van der Waals surface area contributed by atoms with Crippen molar-refractivity contribution < 1.29 is 0 Å². The van der Waals surface area contributed by atoms with Crippen molar-refractivity contribution in [1.82, 2.24) is 14.8 Å². The van der Waals surface area contributed by atoms with Gasteiger partial charge in [-0.15, -0.1) is 10.2 Å². The number of fused-ring (bicyclic) bond motifs is 1. The first-order valence-electron chi connectivity index (χ1n) is 5.13. The molecule has 0 aliphatic carbocycles. The van der Waals surface area contributed by atoms with Gasteiger partial charge in [-0.05, 0) is 18.6 Å². The highest BCUT2D eigenvalue weighted by Gasteiger charge is 2.19. The summed E-state index contributed by atoms with van der Waals surface area (Å²) in [4.78, 5) is 0. The Balaban J connectivity index is 2.17. The van der Waals surface area contributed by atoms with Crippen LogP contribution in [0.15, 0.2) is 24.3 Å². The monoisotopic (exact) mass is 200 g/mol. The summed E-state index contributed by atoms with van der Waals surface area (Å²) in [6.45, 7) is 1.01. The fourth-order valence-electron chi connectivity index (χ4n) is 2.05. The van der Waals surface area contributed by atoms with Crippen molar-refractivity contribution >= 4 is 5.69 Å². The molecule has 1 aliphatic heterocycles. The van der Waals surface area contributed by atoms with Crippen LogP contribution in [-0.4, -0.2) is 14.8 Å². The summed E-state index contributed by atoms with van der Waals surface area (Å²) in [5, 5.41) is 8.37. The van der Waals surface area contributed by atoms with Gasteiger partial charge in [-0.1, -0.05) is 12.1 Å². The lowest BCUT2D eigenvalue weighted by molar-refractivity contribution is 0.749. The van der Waals surface area contributed by atoms with Crippen molar-refractivity contribution in [3.8, 4) is 11.4 Å². The van der Waals surface area contributed by atoms with E-state index in [2.05, 4.69) is 14.8 Å². The van der Waals surface area contributed by atoms with E-state index in [4.69, 9.17) is 5.73 Å². The molecule has 2 heterocycles. The first-order valence-corrected chi connectivity index (χ1v) is 5.13. The Morgan fingerprint density at radius 1 is 1.20 bits per heavy atom. The van der Waals surface area contributed by atoms with Gasteiger partial charge >= 0.3 is 0 Å². The number of anilines is 1. The quantitative estimate of drug-likeness (QED) is 0.709. The number of rotatable bonds is 1.